The minimum atomic E-state index is -4.63. The number of aromatic nitrogens is 5. The number of aryl methyl sites for hydroxylation is 2. The van der Waals surface area contributed by atoms with Crippen molar-refractivity contribution in [3.8, 4) is 0 Å². The Morgan fingerprint density at radius 1 is 1.33 bits per heavy atom. The van der Waals surface area contributed by atoms with Crippen molar-refractivity contribution >= 4 is 0 Å². The normalized spacial score (nSPS) is 12.0. The highest BCUT2D eigenvalue weighted by Gasteiger charge is 2.37. The van der Waals surface area contributed by atoms with Crippen LogP contribution in [0.2, 0.25) is 0 Å². The lowest BCUT2D eigenvalue weighted by atomic mass is 10.6. The van der Waals surface area contributed by atoms with Crippen molar-refractivity contribution in [3.63, 3.8) is 0 Å². The Bertz CT molecular complexity index is 580. The predicted octanol–water partition coefficient (Wildman–Crippen LogP) is 0.497. The molecule has 2 aromatic rings. The van der Waals surface area contributed by atoms with Gasteiger partial charge in [0.05, 0.1) is 13.1 Å². The minimum absolute atomic E-state index is 0.0322. The monoisotopic (exact) mass is 261 g/mol. The van der Waals surface area contributed by atoms with Crippen LogP contribution < -0.4 is 5.69 Å². The number of nitrogens with zero attached hydrogens (tertiary/aromatic N) is 5. The van der Waals surface area contributed by atoms with Crippen LogP contribution in [-0.4, -0.2) is 24.1 Å². The summed E-state index contributed by atoms with van der Waals surface area (Å²) in [7, 11) is 1.04. The SMILES string of the molecule is Cn1c(C(F)(F)F)nn(CCn2cccn2)c1=O. The molecule has 0 radical (unpaired) electrons. The summed E-state index contributed by atoms with van der Waals surface area (Å²) in [5.74, 6) is -1.20. The van der Waals surface area contributed by atoms with Gasteiger partial charge in [-0.15, -0.1) is 5.10 Å². The van der Waals surface area contributed by atoms with E-state index in [-0.39, 0.29) is 13.1 Å². The summed E-state index contributed by atoms with van der Waals surface area (Å²) in [5.41, 5.74) is -0.797. The van der Waals surface area contributed by atoms with Crippen molar-refractivity contribution in [2.24, 2.45) is 7.05 Å². The fraction of sp³-hybridized carbons (Fsp3) is 0.444. The van der Waals surface area contributed by atoms with Crippen molar-refractivity contribution in [1.82, 2.24) is 24.1 Å². The number of rotatable bonds is 3. The van der Waals surface area contributed by atoms with Gasteiger partial charge in [0, 0.05) is 19.4 Å². The number of hydrogen-bond acceptors (Lipinski definition) is 3. The van der Waals surface area contributed by atoms with Crippen LogP contribution in [0.15, 0.2) is 23.3 Å². The molecular weight excluding hydrogens is 251 g/mol. The summed E-state index contributed by atoms with van der Waals surface area (Å²) in [4.78, 5) is 11.5. The fourth-order valence-electron chi connectivity index (χ4n) is 1.51. The first-order valence-corrected chi connectivity index (χ1v) is 5.08. The van der Waals surface area contributed by atoms with Crippen LogP contribution >= 0.6 is 0 Å². The third kappa shape index (κ3) is 2.29. The van der Waals surface area contributed by atoms with Gasteiger partial charge in [-0.2, -0.15) is 18.3 Å². The molecule has 9 heteroatoms. The van der Waals surface area contributed by atoms with Crippen LogP contribution in [0.3, 0.4) is 0 Å². The van der Waals surface area contributed by atoms with E-state index >= 15 is 0 Å². The molecule has 0 aliphatic carbocycles. The molecule has 2 aromatic heterocycles. The number of hydrogen-bond donors (Lipinski definition) is 0. The largest absolute Gasteiger partial charge is 0.451 e. The zero-order valence-corrected chi connectivity index (χ0v) is 9.42. The molecule has 0 saturated carbocycles. The molecule has 0 atom stereocenters. The smallest absolute Gasteiger partial charge is 0.274 e. The van der Waals surface area contributed by atoms with E-state index in [0.29, 0.717) is 4.57 Å². The van der Waals surface area contributed by atoms with Gasteiger partial charge >= 0.3 is 11.9 Å². The predicted molar refractivity (Wildman–Crippen MR) is 54.7 cm³/mol. The molecule has 2 rings (SSSR count). The molecule has 2 heterocycles. The highest BCUT2D eigenvalue weighted by molar-refractivity contribution is 4.91. The maximum atomic E-state index is 12.5. The zero-order chi connectivity index (χ0) is 13.3. The molecule has 0 unspecified atom stereocenters. The molecule has 0 aliphatic heterocycles. The van der Waals surface area contributed by atoms with Crippen molar-refractivity contribution in [3.05, 3.63) is 34.8 Å². The van der Waals surface area contributed by atoms with Crippen molar-refractivity contribution in [2.75, 3.05) is 0 Å². The Kier molecular flexibility index (Phi) is 2.97. The second-order valence-electron chi connectivity index (χ2n) is 3.66. The average molecular weight is 261 g/mol. The summed E-state index contributed by atoms with van der Waals surface area (Å²) in [6.45, 7) is 0.311. The Balaban J connectivity index is 2.22. The third-order valence-corrected chi connectivity index (χ3v) is 2.39. The van der Waals surface area contributed by atoms with E-state index in [0.717, 1.165) is 11.7 Å². The lowest BCUT2D eigenvalue weighted by Gasteiger charge is -2.02. The zero-order valence-electron chi connectivity index (χ0n) is 9.42. The topological polar surface area (TPSA) is 57.6 Å². The van der Waals surface area contributed by atoms with Gasteiger partial charge in [0.15, 0.2) is 0 Å². The average Bonchev–Trinajstić information content (AvgIpc) is 2.86. The molecule has 0 bridgehead atoms. The Labute approximate surface area is 99.3 Å². The molecule has 98 valence electrons. The second kappa shape index (κ2) is 4.31. The first-order chi connectivity index (χ1) is 8.39. The second-order valence-corrected chi connectivity index (χ2v) is 3.66. The molecule has 0 amide bonds. The van der Waals surface area contributed by atoms with Crippen LogP contribution in [-0.2, 0) is 26.3 Å². The molecule has 6 nitrogen and oxygen atoms in total. The van der Waals surface area contributed by atoms with E-state index in [1.807, 2.05) is 0 Å². The van der Waals surface area contributed by atoms with Gasteiger partial charge in [-0.25, -0.2) is 9.48 Å². The van der Waals surface area contributed by atoms with Crippen LogP contribution in [0.5, 0.6) is 0 Å². The number of alkyl halides is 3. The minimum Gasteiger partial charge on any atom is -0.274 e. The van der Waals surface area contributed by atoms with Gasteiger partial charge < -0.3 is 0 Å². The van der Waals surface area contributed by atoms with Crippen molar-refractivity contribution in [2.45, 2.75) is 19.3 Å². The van der Waals surface area contributed by atoms with Gasteiger partial charge in [0.2, 0.25) is 5.82 Å². The van der Waals surface area contributed by atoms with E-state index in [9.17, 15) is 18.0 Å². The van der Waals surface area contributed by atoms with E-state index in [1.54, 1.807) is 18.5 Å². The van der Waals surface area contributed by atoms with E-state index in [2.05, 4.69) is 10.2 Å². The first-order valence-electron chi connectivity index (χ1n) is 5.08. The number of halogens is 3. The van der Waals surface area contributed by atoms with Gasteiger partial charge in [0.1, 0.15) is 0 Å². The fourth-order valence-corrected chi connectivity index (χ4v) is 1.51. The molecule has 0 fully saturated rings. The molecule has 0 spiro atoms. The maximum Gasteiger partial charge on any atom is 0.451 e. The highest BCUT2D eigenvalue weighted by Crippen LogP contribution is 2.25. The quantitative estimate of drug-likeness (QED) is 0.808. The van der Waals surface area contributed by atoms with E-state index < -0.39 is 17.7 Å². The van der Waals surface area contributed by atoms with E-state index in [4.69, 9.17) is 0 Å². The summed E-state index contributed by atoms with van der Waals surface area (Å²) < 4.78 is 40.3. The molecule has 0 aromatic carbocycles. The van der Waals surface area contributed by atoms with Gasteiger partial charge in [-0.05, 0) is 6.07 Å². The summed E-state index contributed by atoms with van der Waals surface area (Å²) in [6.07, 6.45) is -1.44. The first kappa shape index (κ1) is 12.4. The summed E-state index contributed by atoms with van der Waals surface area (Å²) >= 11 is 0. The lowest BCUT2D eigenvalue weighted by molar-refractivity contribution is -0.147. The van der Waals surface area contributed by atoms with Crippen LogP contribution in [0, 0.1) is 0 Å². The Morgan fingerprint density at radius 3 is 2.56 bits per heavy atom. The molecule has 18 heavy (non-hydrogen) atoms. The van der Waals surface area contributed by atoms with Gasteiger partial charge in [-0.1, -0.05) is 0 Å². The Hall–Kier alpha value is -2.06. The highest BCUT2D eigenvalue weighted by atomic mass is 19.4. The van der Waals surface area contributed by atoms with E-state index in [1.165, 1.54) is 4.68 Å². The molecule has 0 saturated heterocycles. The lowest BCUT2D eigenvalue weighted by Crippen LogP contribution is -2.25. The van der Waals surface area contributed by atoms with Gasteiger partial charge in [-0.3, -0.25) is 9.25 Å². The maximum absolute atomic E-state index is 12.5. The standard InChI is InChI=1S/C9H10F3N5O/c1-15-7(9(10,11)12)14-17(8(15)18)6-5-16-4-2-3-13-16/h2-4H,5-6H2,1H3. The third-order valence-electron chi connectivity index (χ3n) is 2.39. The van der Waals surface area contributed by atoms with Crippen LogP contribution in [0.25, 0.3) is 0 Å². The van der Waals surface area contributed by atoms with Crippen LogP contribution in [0.1, 0.15) is 5.82 Å². The molecular formula is C9H10F3N5O. The Morgan fingerprint density at radius 2 is 2.06 bits per heavy atom. The molecule has 0 aliphatic rings. The molecule has 0 N–H and O–H groups in total. The summed E-state index contributed by atoms with van der Waals surface area (Å²) in [6, 6.07) is 1.68. The summed E-state index contributed by atoms with van der Waals surface area (Å²) in [5, 5.41) is 7.16. The van der Waals surface area contributed by atoms with Crippen molar-refractivity contribution in [1.29, 1.82) is 0 Å². The van der Waals surface area contributed by atoms with Crippen LogP contribution in [0.4, 0.5) is 13.2 Å². The van der Waals surface area contributed by atoms with Gasteiger partial charge in [0.25, 0.3) is 0 Å². The van der Waals surface area contributed by atoms with Crippen molar-refractivity contribution < 1.29 is 13.2 Å².